The molecule has 0 aliphatic carbocycles. The van der Waals surface area contributed by atoms with Gasteiger partial charge in [-0.25, -0.2) is 0 Å². The molecule has 0 aromatic heterocycles. The van der Waals surface area contributed by atoms with E-state index in [4.69, 9.17) is 4.74 Å². The zero-order valence-electron chi connectivity index (χ0n) is 11.4. The highest BCUT2D eigenvalue weighted by molar-refractivity contribution is 9.10. The second-order valence-corrected chi connectivity index (χ2v) is 6.37. The Morgan fingerprint density at radius 1 is 1.60 bits per heavy atom. The van der Waals surface area contributed by atoms with Gasteiger partial charge in [0, 0.05) is 35.3 Å². The van der Waals surface area contributed by atoms with E-state index in [9.17, 15) is 4.79 Å². The topological polar surface area (TPSA) is 41.6 Å². The summed E-state index contributed by atoms with van der Waals surface area (Å²) < 4.78 is 6.31. The van der Waals surface area contributed by atoms with Crippen molar-refractivity contribution < 1.29 is 9.53 Å². The molecule has 1 aliphatic heterocycles. The molecule has 1 aromatic rings. The predicted octanol–water partition coefficient (Wildman–Crippen LogP) is 2.50. The van der Waals surface area contributed by atoms with Gasteiger partial charge in [0.1, 0.15) is 5.75 Å². The van der Waals surface area contributed by atoms with Crippen molar-refractivity contribution >= 4 is 46.0 Å². The number of ether oxygens (including phenoxy) is 1. The number of benzene rings is 1. The second-order valence-electron chi connectivity index (χ2n) is 4.42. The van der Waals surface area contributed by atoms with E-state index in [0.717, 1.165) is 27.4 Å². The van der Waals surface area contributed by atoms with Crippen molar-refractivity contribution in [1.82, 2.24) is 10.2 Å². The van der Waals surface area contributed by atoms with E-state index in [2.05, 4.69) is 21.2 Å². The van der Waals surface area contributed by atoms with Crippen molar-refractivity contribution in [3.8, 4) is 5.75 Å². The summed E-state index contributed by atoms with van der Waals surface area (Å²) in [5.41, 5.74) is 0.998. The number of carbonyl (C=O) groups excluding carboxylic acids is 1. The van der Waals surface area contributed by atoms with Gasteiger partial charge < -0.3 is 9.64 Å². The molecule has 0 radical (unpaired) electrons. The number of rotatable bonds is 4. The van der Waals surface area contributed by atoms with E-state index < -0.39 is 0 Å². The molecule has 1 aromatic carbocycles. The smallest absolute Gasteiger partial charge is 0.240 e. The van der Waals surface area contributed by atoms with E-state index >= 15 is 0 Å². The van der Waals surface area contributed by atoms with Crippen molar-refractivity contribution in [1.29, 1.82) is 0 Å². The number of thioether (sulfide) groups is 1. The maximum absolute atomic E-state index is 12.2. The van der Waals surface area contributed by atoms with Crippen LogP contribution in [0.1, 0.15) is 5.56 Å². The lowest BCUT2D eigenvalue weighted by Crippen LogP contribution is -2.42. The Morgan fingerprint density at radius 2 is 2.35 bits per heavy atom. The van der Waals surface area contributed by atoms with Gasteiger partial charge in [0.25, 0.3) is 0 Å². The average molecular weight is 382 g/mol. The first-order valence-electron chi connectivity index (χ1n) is 6.00. The lowest BCUT2D eigenvalue weighted by molar-refractivity contribution is -0.131. The minimum absolute atomic E-state index is 0. The summed E-state index contributed by atoms with van der Waals surface area (Å²) in [6, 6.07) is 5.76. The Bertz CT molecular complexity index is 470. The molecule has 4 nitrogen and oxygen atoms in total. The Balaban J connectivity index is 0.00000200. The van der Waals surface area contributed by atoms with Crippen LogP contribution in [0.5, 0.6) is 5.75 Å². The van der Waals surface area contributed by atoms with E-state index in [1.54, 1.807) is 23.8 Å². The van der Waals surface area contributed by atoms with Crippen LogP contribution in [0.15, 0.2) is 22.7 Å². The molecule has 1 atom stereocenters. The summed E-state index contributed by atoms with van der Waals surface area (Å²) in [5.74, 6) is 2.63. The molecule has 0 bridgehead atoms. The molecule has 112 valence electrons. The number of halogens is 2. The third-order valence-corrected chi connectivity index (χ3v) is 4.47. The van der Waals surface area contributed by atoms with Crippen LogP contribution in [-0.4, -0.2) is 42.6 Å². The molecule has 20 heavy (non-hydrogen) atoms. The molecule has 0 spiro atoms. The average Bonchev–Trinajstić information content (AvgIpc) is 2.92. The number of hydrogen-bond acceptors (Lipinski definition) is 4. The van der Waals surface area contributed by atoms with Gasteiger partial charge in [-0.1, -0.05) is 15.9 Å². The molecule has 2 rings (SSSR count). The van der Waals surface area contributed by atoms with Gasteiger partial charge in [-0.15, -0.1) is 24.2 Å². The number of amides is 1. The fourth-order valence-corrected chi connectivity index (χ4v) is 3.37. The fraction of sp³-hybridized carbons (Fsp3) is 0.462. The molecular weight excluding hydrogens is 364 g/mol. The minimum atomic E-state index is -0.0619. The minimum Gasteiger partial charge on any atom is -0.496 e. The first-order valence-corrected chi connectivity index (χ1v) is 7.95. The number of nitrogens with zero attached hydrogens (tertiary/aromatic N) is 1. The Kier molecular flexibility index (Phi) is 7.15. The number of nitrogens with one attached hydrogen (secondary N) is 1. The van der Waals surface area contributed by atoms with Crippen LogP contribution in [0.4, 0.5) is 0 Å². The molecular formula is C13H18BrClN2O2S. The molecule has 1 amide bonds. The third kappa shape index (κ3) is 4.28. The summed E-state index contributed by atoms with van der Waals surface area (Å²) >= 11 is 5.20. The first kappa shape index (κ1) is 17.6. The van der Waals surface area contributed by atoms with Crippen LogP contribution in [0.2, 0.25) is 0 Å². The molecule has 1 saturated heterocycles. The van der Waals surface area contributed by atoms with Gasteiger partial charge in [0.2, 0.25) is 5.91 Å². The first-order chi connectivity index (χ1) is 9.11. The Morgan fingerprint density at radius 3 is 2.95 bits per heavy atom. The van der Waals surface area contributed by atoms with Gasteiger partial charge >= 0.3 is 0 Å². The molecule has 1 N–H and O–H groups in total. The number of methoxy groups -OCH3 is 1. The van der Waals surface area contributed by atoms with Crippen molar-refractivity contribution in [2.45, 2.75) is 12.6 Å². The highest BCUT2D eigenvalue weighted by Crippen LogP contribution is 2.24. The largest absolute Gasteiger partial charge is 0.496 e. The number of likely N-dealkylation sites (N-methyl/N-ethyl adjacent to an activating group) is 1. The summed E-state index contributed by atoms with van der Waals surface area (Å²) in [6.07, 6.45) is 0. The van der Waals surface area contributed by atoms with Crippen LogP contribution >= 0.6 is 40.1 Å². The quantitative estimate of drug-likeness (QED) is 0.870. The SMILES string of the molecule is COc1ccc(Br)cc1CN(C)C(=O)C1CSCN1.Cl. The Labute approximate surface area is 138 Å². The van der Waals surface area contributed by atoms with Gasteiger partial charge in [-0.2, -0.15) is 0 Å². The molecule has 0 saturated carbocycles. The summed E-state index contributed by atoms with van der Waals surface area (Å²) in [7, 11) is 3.47. The van der Waals surface area contributed by atoms with E-state index in [-0.39, 0.29) is 24.4 Å². The van der Waals surface area contributed by atoms with Crippen LogP contribution in [0, 0.1) is 0 Å². The molecule has 1 aliphatic rings. The zero-order chi connectivity index (χ0) is 13.8. The van der Waals surface area contributed by atoms with Crippen molar-refractivity contribution in [3.63, 3.8) is 0 Å². The van der Waals surface area contributed by atoms with Gasteiger partial charge in [0.05, 0.1) is 13.2 Å². The molecule has 7 heteroatoms. The Hall–Kier alpha value is -0.430. The van der Waals surface area contributed by atoms with E-state index in [1.165, 1.54) is 0 Å². The maximum Gasteiger partial charge on any atom is 0.240 e. The standard InChI is InChI=1S/C13H17BrN2O2S.ClH/c1-16(13(17)11-7-19-8-15-11)6-9-5-10(14)3-4-12(9)18-2;/h3-5,11,15H,6-8H2,1-2H3;1H. The van der Waals surface area contributed by atoms with Gasteiger partial charge in [-0.05, 0) is 18.2 Å². The van der Waals surface area contributed by atoms with E-state index in [1.807, 2.05) is 25.2 Å². The molecule has 1 fully saturated rings. The van der Waals surface area contributed by atoms with Crippen LogP contribution in [0.25, 0.3) is 0 Å². The predicted molar refractivity (Wildman–Crippen MR) is 88.7 cm³/mol. The zero-order valence-corrected chi connectivity index (χ0v) is 14.6. The normalized spacial score (nSPS) is 17.4. The van der Waals surface area contributed by atoms with Crippen LogP contribution in [-0.2, 0) is 11.3 Å². The highest BCUT2D eigenvalue weighted by Gasteiger charge is 2.25. The van der Waals surface area contributed by atoms with Crippen molar-refractivity contribution in [3.05, 3.63) is 28.2 Å². The van der Waals surface area contributed by atoms with Crippen molar-refractivity contribution in [2.24, 2.45) is 0 Å². The van der Waals surface area contributed by atoms with E-state index in [0.29, 0.717) is 6.54 Å². The lowest BCUT2D eigenvalue weighted by atomic mass is 10.2. The van der Waals surface area contributed by atoms with Gasteiger partial charge in [-0.3, -0.25) is 10.1 Å². The lowest BCUT2D eigenvalue weighted by Gasteiger charge is -2.22. The number of carbonyl (C=O) groups is 1. The second kappa shape index (κ2) is 8.12. The third-order valence-electron chi connectivity index (χ3n) is 3.04. The summed E-state index contributed by atoms with van der Waals surface area (Å²) in [4.78, 5) is 14.0. The van der Waals surface area contributed by atoms with Crippen LogP contribution < -0.4 is 10.1 Å². The molecule has 1 heterocycles. The monoisotopic (exact) mass is 380 g/mol. The van der Waals surface area contributed by atoms with Gasteiger partial charge in [0.15, 0.2) is 0 Å². The van der Waals surface area contributed by atoms with Crippen LogP contribution in [0.3, 0.4) is 0 Å². The number of hydrogen-bond donors (Lipinski definition) is 1. The molecule has 1 unspecified atom stereocenters. The summed E-state index contributed by atoms with van der Waals surface area (Å²) in [5, 5.41) is 3.19. The summed E-state index contributed by atoms with van der Waals surface area (Å²) in [6.45, 7) is 0.546. The highest BCUT2D eigenvalue weighted by atomic mass is 79.9. The maximum atomic E-state index is 12.2. The fourth-order valence-electron chi connectivity index (χ4n) is 2.02. The van der Waals surface area contributed by atoms with Crippen molar-refractivity contribution in [2.75, 3.05) is 25.8 Å².